The second-order valence-corrected chi connectivity index (χ2v) is 5.24. The van der Waals surface area contributed by atoms with E-state index in [4.69, 9.17) is 5.11 Å². The number of aliphatic hydroxyl groups is 1. The second kappa shape index (κ2) is 6.53. The molecule has 1 aliphatic carbocycles. The number of nitrogens with zero attached hydrogens (tertiary/aromatic N) is 2. The van der Waals surface area contributed by atoms with Crippen LogP contribution in [-0.4, -0.2) is 40.2 Å². The first-order valence-electron chi connectivity index (χ1n) is 7.35. The summed E-state index contributed by atoms with van der Waals surface area (Å²) in [5.74, 6) is 1.21. The van der Waals surface area contributed by atoms with Gasteiger partial charge in [0.1, 0.15) is 5.82 Å². The number of aliphatic hydroxyl groups excluding tert-OH is 1. The summed E-state index contributed by atoms with van der Waals surface area (Å²) in [4.78, 5) is 20.6. The number of anilines is 1. The summed E-state index contributed by atoms with van der Waals surface area (Å²) in [6.07, 6.45) is 3.81. The minimum absolute atomic E-state index is 0.0340. The number of nitrogens with one attached hydrogen (secondary N) is 2. The van der Waals surface area contributed by atoms with E-state index in [0.29, 0.717) is 29.8 Å². The van der Waals surface area contributed by atoms with E-state index in [2.05, 4.69) is 20.6 Å². The summed E-state index contributed by atoms with van der Waals surface area (Å²) in [5.41, 5.74) is 1.49. The van der Waals surface area contributed by atoms with Crippen molar-refractivity contribution in [2.24, 2.45) is 0 Å². The van der Waals surface area contributed by atoms with E-state index >= 15 is 0 Å². The molecule has 114 valence electrons. The van der Waals surface area contributed by atoms with E-state index in [1.165, 1.54) is 0 Å². The zero-order valence-electron chi connectivity index (χ0n) is 12.1. The van der Waals surface area contributed by atoms with Crippen LogP contribution in [0.15, 0.2) is 36.5 Å². The maximum atomic E-state index is 11.9. The summed E-state index contributed by atoms with van der Waals surface area (Å²) in [6.45, 7) is 0.487. The number of hydrogen-bond acceptors (Lipinski definition) is 5. The van der Waals surface area contributed by atoms with Crippen LogP contribution < -0.4 is 10.6 Å². The van der Waals surface area contributed by atoms with Gasteiger partial charge in [-0.05, 0) is 31.0 Å². The Morgan fingerprint density at radius 1 is 1.23 bits per heavy atom. The minimum Gasteiger partial charge on any atom is -0.395 e. The van der Waals surface area contributed by atoms with Crippen molar-refractivity contribution < 1.29 is 9.90 Å². The van der Waals surface area contributed by atoms with Crippen molar-refractivity contribution in [3.05, 3.63) is 42.1 Å². The lowest BCUT2D eigenvalue weighted by atomic mass is 10.1. The molecule has 0 bridgehead atoms. The first kappa shape index (κ1) is 14.5. The van der Waals surface area contributed by atoms with Gasteiger partial charge in [-0.25, -0.2) is 9.97 Å². The Bertz CT molecular complexity index is 653. The zero-order chi connectivity index (χ0) is 15.4. The molecule has 3 N–H and O–H groups in total. The first-order valence-corrected chi connectivity index (χ1v) is 7.35. The van der Waals surface area contributed by atoms with Crippen molar-refractivity contribution in [3.8, 4) is 11.4 Å². The van der Waals surface area contributed by atoms with Crippen molar-refractivity contribution in [2.45, 2.75) is 18.9 Å². The van der Waals surface area contributed by atoms with Gasteiger partial charge >= 0.3 is 0 Å². The van der Waals surface area contributed by atoms with E-state index in [1.54, 1.807) is 24.4 Å². The van der Waals surface area contributed by atoms with Crippen molar-refractivity contribution in [1.82, 2.24) is 15.3 Å². The molecule has 0 radical (unpaired) electrons. The molecule has 0 aliphatic heterocycles. The zero-order valence-corrected chi connectivity index (χ0v) is 12.1. The Balaban J connectivity index is 1.72. The molecule has 1 aliphatic rings. The van der Waals surface area contributed by atoms with Gasteiger partial charge in [0.25, 0.3) is 5.91 Å². The van der Waals surface area contributed by atoms with Crippen molar-refractivity contribution in [1.29, 1.82) is 0 Å². The van der Waals surface area contributed by atoms with Gasteiger partial charge in [0.15, 0.2) is 5.82 Å². The molecule has 0 saturated heterocycles. The van der Waals surface area contributed by atoms with E-state index < -0.39 is 0 Å². The van der Waals surface area contributed by atoms with Crippen molar-refractivity contribution in [2.75, 3.05) is 18.5 Å². The molecule has 1 aromatic carbocycles. The van der Waals surface area contributed by atoms with Crippen LogP contribution in [0.5, 0.6) is 0 Å². The van der Waals surface area contributed by atoms with Crippen LogP contribution in [0, 0.1) is 0 Å². The Hall–Kier alpha value is -2.47. The van der Waals surface area contributed by atoms with Gasteiger partial charge in [-0.2, -0.15) is 0 Å². The molecule has 1 heterocycles. The highest BCUT2D eigenvalue weighted by Gasteiger charge is 2.23. The van der Waals surface area contributed by atoms with E-state index in [0.717, 1.165) is 18.4 Å². The van der Waals surface area contributed by atoms with Crippen molar-refractivity contribution in [3.63, 3.8) is 0 Å². The number of rotatable bonds is 6. The molecule has 1 aromatic heterocycles. The fraction of sp³-hybridized carbons (Fsp3) is 0.312. The molecule has 6 nitrogen and oxygen atoms in total. The largest absolute Gasteiger partial charge is 0.395 e. The predicted octanol–water partition coefficient (Wildman–Crippen LogP) is 1.44. The molecule has 1 amide bonds. The van der Waals surface area contributed by atoms with Crippen LogP contribution in [0.3, 0.4) is 0 Å². The van der Waals surface area contributed by atoms with Gasteiger partial charge in [-0.15, -0.1) is 0 Å². The number of aromatic nitrogens is 2. The second-order valence-electron chi connectivity index (χ2n) is 5.24. The van der Waals surface area contributed by atoms with Gasteiger partial charge < -0.3 is 15.7 Å². The fourth-order valence-electron chi connectivity index (χ4n) is 2.05. The third-order valence-corrected chi connectivity index (χ3v) is 3.39. The van der Waals surface area contributed by atoms with Gasteiger partial charge in [-0.1, -0.05) is 12.1 Å². The summed E-state index contributed by atoms with van der Waals surface area (Å²) in [6, 6.07) is 9.34. The number of benzene rings is 1. The van der Waals surface area contributed by atoms with Gasteiger partial charge in [0.05, 0.1) is 6.61 Å². The Kier molecular flexibility index (Phi) is 4.29. The third kappa shape index (κ3) is 3.59. The maximum Gasteiger partial charge on any atom is 0.251 e. The predicted molar refractivity (Wildman–Crippen MR) is 83.5 cm³/mol. The molecule has 0 atom stereocenters. The van der Waals surface area contributed by atoms with Crippen LogP contribution in [0.4, 0.5) is 5.82 Å². The number of carbonyl (C=O) groups is 1. The highest BCUT2D eigenvalue weighted by atomic mass is 16.3. The summed E-state index contributed by atoms with van der Waals surface area (Å²) in [5, 5.41) is 14.8. The SMILES string of the molecule is O=C(NC1CC1)c1ccc(-c2nccc(NCCO)n2)cc1. The van der Waals surface area contributed by atoms with Gasteiger partial charge in [0, 0.05) is 29.9 Å². The van der Waals surface area contributed by atoms with Crippen LogP contribution in [0.2, 0.25) is 0 Å². The van der Waals surface area contributed by atoms with Crippen molar-refractivity contribution >= 4 is 11.7 Å². The van der Waals surface area contributed by atoms with Crippen LogP contribution in [0.25, 0.3) is 11.4 Å². The summed E-state index contributed by atoms with van der Waals surface area (Å²) < 4.78 is 0. The molecule has 0 unspecified atom stereocenters. The monoisotopic (exact) mass is 298 g/mol. The Morgan fingerprint density at radius 2 is 2.00 bits per heavy atom. The standard InChI is InChI=1S/C16H18N4O2/c21-10-9-17-14-7-8-18-15(20-14)11-1-3-12(4-2-11)16(22)19-13-5-6-13/h1-4,7-8,13,21H,5-6,9-10H2,(H,19,22)(H,17,18,20). The van der Waals surface area contributed by atoms with E-state index in [-0.39, 0.29) is 12.5 Å². The van der Waals surface area contributed by atoms with Crippen LogP contribution >= 0.6 is 0 Å². The molecule has 1 fully saturated rings. The maximum absolute atomic E-state index is 11.9. The summed E-state index contributed by atoms with van der Waals surface area (Å²) >= 11 is 0. The van der Waals surface area contributed by atoms with Crippen LogP contribution in [-0.2, 0) is 0 Å². The third-order valence-electron chi connectivity index (χ3n) is 3.39. The Morgan fingerprint density at radius 3 is 2.68 bits per heavy atom. The Labute approximate surface area is 128 Å². The highest BCUT2D eigenvalue weighted by Crippen LogP contribution is 2.20. The number of carbonyl (C=O) groups excluding carboxylic acids is 1. The minimum atomic E-state index is -0.0340. The molecule has 1 saturated carbocycles. The molecular formula is C16H18N4O2. The molecular weight excluding hydrogens is 280 g/mol. The number of hydrogen-bond donors (Lipinski definition) is 3. The van der Waals surface area contributed by atoms with Gasteiger partial charge in [-0.3, -0.25) is 4.79 Å². The smallest absolute Gasteiger partial charge is 0.251 e. The summed E-state index contributed by atoms with van der Waals surface area (Å²) in [7, 11) is 0. The van der Waals surface area contributed by atoms with Crippen LogP contribution in [0.1, 0.15) is 23.2 Å². The topological polar surface area (TPSA) is 87.1 Å². The van der Waals surface area contributed by atoms with Gasteiger partial charge in [0.2, 0.25) is 0 Å². The molecule has 3 rings (SSSR count). The molecule has 6 heteroatoms. The normalized spacial score (nSPS) is 13.7. The lowest BCUT2D eigenvalue weighted by Gasteiger charge is -2.07. The molecule has 0 spiro atoms. The molecule has 2 aromatic rings. The fourth-order valence-corrected chi connectivity index (χ4v) is 2.05. The average Bonchev–Trinajstić information content (AvgIpc) is 3.37. The lowest BCUT2D eigenvalue weighted by Crippen LogP contribution is -2.25. The average molecular weight is 298 g/mol. The first-order chi connectivity index (χ1) is 10.8. The quantitative estimate of drug-likeness (QED) is 0.751. The van der Waals surface area contributed by atoms with E-state index in [1.807, 2.05) is 12.1 Å². The highest BCUT2D eigenvalue weighted by molar-refractivity contribution is 5.94. The molecule has 22 heavy (non-hydrogen) atoms. The number of amides is 1. The lowest BCUT2D eigenvalue weighted by molar-refractivity contribution is 0.0951. The van der Waals surface area contributed by atoms with E-state index in [9.17, 15) is 4.79 Å².